The lowest BCUT2D eigenvalue weighted by Crippen LogP contribution is -1.95. The smallest absolute Gasteiger partial charge is 0.0961 e. The highest BCUT2D eigenvalue weighted by Gasteiger charge is 2.02. The molecular weight excluding hydrogens is 296 g/mol. The van der Waals surface area contributed by atoms with E-state index in [1.807, 2.05) is 12.7 Å². The number of nitrogens with zero attached hydrogens (tertiary/aromatic N) is 4. The minimum absolute atomic E-state index is 0.825. The maximum absolute atomic E-state index is 4.47. The summed E-state index contributed by atoms with van der Waals surface area (Å²) >= 11 is 0. The van der Waals surface area contributed by atoms with Crippen molar-refractivity contribution in [3.05, 3.63) is 72.3 Å². The Morgan fingerprint density at radius 3 is 2.17 bits per heavy atom. The van der Waals surface area contributed by atoms with E-state index in [4.69, 9.17) is 0 Å². The molecule has 0 aliphatic carbocycles. The van der Waals surface area contributed by atoms with Crippen LogP contribution in [0.1, 0.15) is 11.1 Å². The average Bonchev–Trinajstić information content (AvgIpc) is 3.15. The lowest BCUT2D eigenvalue weighted by molar-refractivity contribution is 0.817. The maximum atomic E-state index is 4.47. The molecule has 0 unspecified atom stereocenters. The summed E-state index contributed by atoms with van der Waals surface area (Å²) in [5, 5.41) is 0. The van der Waals surface area contributed by atoms with Crippen LogP contribution in [-0.4, -0.2) is 19.1 Å². The van der Waals surface area contributed by atoms with E-state index in [0.29, 0.717) is 0 Å². The fourth-order valence-electron chi connectivity index (χ4n) is 3.01. The number of imidazole rings is 2. The van der Waals surface area contributed by atoms with Crippen LogP contribution in [0.25, 0.3) is 22.1 Å². The number of benzene rings is 2. The van der Waals surface area contributed by atoms with Gasteiger partial charge in [0.2, 0.25) is 0 Å². The third-order valence-corrected chi connectivity index (χ3v) is 4.32. The van der Waals surface area contributed by atoms with Crippen LogP contribution in [0.15, 0.2) is 61.2 Å². The van der Waals surface area contributed by atoms with Gasteiger partial charge in [0.05, 0.1) is 34.7 Å². The monoisotopic (exact) mass is 316 g/mol. The number of aromatic nitrogens is 4. The molecule has 2 aromatic heterocycles. The van der Waals surface area contributed by atoms with Crippen molar-refractivity contribution in [2.45, 2.75) is 26.9 Å². The Hall–Kier alpha value is -2.88. The lowest BCUT2D eigenvalue weighted by atomic mass is 10.2. The van der Waals surface area contributed by atoms with E-state index >= 15 is 0 Å². The molecule has 0 aliphatic heterocycles. The van der Waals surface area contributed by atoms with E-state index in [1.165, 1.54) is 22.2 Å². The fourth-order valence-corrected chi connectivity index (χ4v) is 3.01. The van der Waals surface area contributed by atoms with Gasteiger partial charge in [-0.2, -0.15) is 0 Å². The molecule has 0 aliphatic rings. The van der Waals surface area contributed by atoms with E-state index in [2.05, 4.69) is 81.5 Å². The number of rotatable bonds is 4. The highest BCUT2D eigenvalue weighted by atomic mass is 15.0. The second-order valence-corrected chi connectivity index (χ2v) is 6.25. The third-order valence-electron chi connectivity index (χ3n) is 4.32. The van der Waals surface area contributed by atoms with Crippen LogP contribution < -0.4 is 0 Å². The Kier molecular flexibility index (Phi) is 3.65. The summed E-state index contributed by atoms with van der Waals surface area (Å²) in [5.74, 6) is 0. The Labute approximate surface area is 141 Å². The van der Waals surface area contributed by atoms with Crippen molar-refractivity contribution in [3.63, 3.8) is 0 Å². The molecule has 4 rings (SSSR count). The maximum Gasteiger partial charge on any atom is 0.0961 e. The Morgan fingerprint density at radius 1 is 0.750 bits per heavy atom. The molecule has 4 aromatic rings. The zero-order valence-electron chi connectivity index (χ0n) is 14.0. The zero-order valence-corrected chi connectivity index (χ0v) is 14.0. The van der Waals surface area contributed by atoms with Crippen LogP contribution >= 0.6 is 0 Å². The Bertz CT molecular complexity index is 1040. The zero-order chi connectivity index (χ0) is 16.5. The summed E-state index contributed by atoms with van der Waals surface area (Å²) in [6.45, 7) is 5.85. The number of hydrogen-bond donors (Lipinski definition) is 0. The molecule has 0 N–H and O–H groups in total. The largest absolute Gasteiger partial charge is 0.327 e. The van der Waals surface area contributed by atoms with Crippen LogP contribution in [-0.2, 0) is 13.1 Å². The normalized spacial score (nSPS) is 11.9. The van der Waals surface area contributed by atoms with Gasteiger partial charge in [-0.3, -0.25) is 0 Å². The summed E-state index contributed by atoms with van der Waals surface area (Å²) in [6, 6.07) is 12.7. The van der Waals surface area contributed by atoms with Crippen molar-refractivity contribution >= 4 is 22.1 Å². The van der Waals surface area contributed by atoms with Crippen molar-refractivity contribution in [1.82, 2.24) is 19.1 Å². The van der Waals surface area contributed by atoms with Crippen molar-refractivity contribution in [3.8, 4) is 0 Å². The van der Waals surface area contributed by atoms with Crippen molar-refractivity contribution in [1.29, 1.82) is 0 Å². The van der Waals surface area contributed by atoms with Crippen LogP contribution in [0.5, 0.6) is 0 Å². The fraction of sp³-hybridized carbons (Fsp3) is 0.200. The number of fused-ring (bicyclic) bond motifs is 2. The molecule has 2 aromatic carbocycles. The molecule has 0 bridgehead atoms. The summed E-state index contributed by atoms with van der Waals surface area (Å²) in [6.07, 6.45) is 8.18. The van der Waals surface area contributed by atoms with Crippen molar-refractivity contribution in [2.24, 2.45) is 0 Å². The molecule has 0 spiro atoms. The van der Waals surface area contributed by atoms with Gasteiger partial charge in [0, 0.05) is 13.1 Å². The highest BCUT2D eigenvalue weighted by Crippen LogP contribution is 2.16. The Morgan fingerprint density at radius 2 is 1.38 bits per heavy atom. The second kappa shape index (κ2) is 5.96. The van der Waals surface area contributed by atoms with Crippen LogP contribution in [0, 0.1) is 13.8 Å². The summed E-state index contributed by atoms with van der Waals surface area (Å²) in [7, 11) is 0. The van der Waals surface area contributed by atoms with Gasteiger partial charge in [0.1, 0.15) is 0 Å². The van der Waals surface area contributed by atoms with Gasteiger partial charge < -0.3 is 9.13 Å². The first-order chi connectivity index (χ1) is 11.7. The van der Waals surface area contributed by atoms with Gasteiger partial charge in [0.15, 0.2) is 0 Å². The molecule has 4 nitrogen and oxygen atoms in total. The first kappa shape index (κ1) is 14.7. The molecule has 0 atom stereocenters. The lowest BCUT2D eigenvalue weighted by Gasteiger charge is -2.02. The van der Waals surface area contributed by atoms with E-state index in [-0.39, 0.29) is 0 Å². The van der Waals surface area contributed by atoms with Gasteiger partial charge in [-0.1, -0.05) is 24.3 Å². The van der Waals surface area contributed by atoms with Gasteiger partial charge in [0.25, 0.3) is 0 Å². The summed E-state index contributed by atoms with van der Waals surface area (Å²) in [4.78, 5) is 8.92. The molecule has 0 saturated carbocycles. The SMILES string of the molecule is Cc1ccc2c(c1)ncn2C/C=C/Cn1cnc2ccc(C)cc21. The van der Waals surface area contributed by atoms with E-state index in [1.54, 1.807) is 0 Å². The van der Waals surface area contributed by atoms with Crippen LogP contribution in [0.2, 0.25) is 0 Å². The van der Waals surface area contributed by atoms with Gasteiger partial charge >= 0.3 is 0 Å². The van der Waals surface area contributed by atoms with Gasteiger partial charge in [-0.25, -0.2) is 9.97 Å². The predicted octanol–water partition coefficient (Wildman–Crippen LogP) is 4.26. The molecule has 24 heavy (non-hydrogen) atoms. The predicted molar refractivity (Wildman–Crippen MR) is 98.1 cm³/mol. The van der Waals surface area contributed by atoms with E-state index < -0.39 is 0 Å². The molecule has 0 saturated heterocycles. The van der Waals surface area contributed by atoms with Gasteiger partial charge in [-0.05, 0) is 49.2 Å². The van der Waals surface area contributed by atoms with Crippen LogP contribution in [0.4, 0.5) is 0 Å². The first-order valence-corrected chi connectivity index (χ1v) is 8.19. The summed E-state index contributed by atoms with van der Waals surface area (Å²) < 4.78 is 4.34. The average molecular weight is 316 g/mol. The quantitative estimate of drug-likeness (QED) is 0.527. The van der Waals surface area contributed by atoms with E-state index in [9.17, 15) is 0 Å². The number of allylic oxidation sites excluding steroid dienone is 2. The third kappa shape index (κ3) is 2.71. The molecule has 120 valence electrons. The Balaban J connectivity index is 1.49. The van der Waals surface area contributed by atoms with Gasteiger partial charge in [-0.15, -0.1) is 0 Å². The number of hydrogen-bond acceptors (Lipinski definition) is 2. The standard InChI is InChI=1S/C20H20N4/c1-15-6-8-19-18(11-15)22-14-23(19)9-3-4-10-24-13-21-17-7-5-16(2)12-20(17)24/h3-8,11-14H,9-10H2,1-2H3/b4-3+. The minimum Gasteiger partial charge on any atom is -0.327 e. The molecular formula is C20H20N4. The first-order valence-electron chi connectivity index (χ1n) is 8.19. The molecule has 0 amide bonds. The van der Waals surface area contributed by atoms with E-state index in [0.717, 1.165) is 24.1 Å². The van der Waals surface area contributed by atoms with Crippen molar-refractivity contribution < 1.29 is 0 Å². The van der Waals surface area contributed by atoms with Crippen LogP contribution in [0.3, 0.4) is 0 Å². The minimum atomic E-state index is 0.825. The summed E-state index contributed by atoms with van der Waals surface area (Å²) in [5.41, 5.74) is 6.96. The molecule has 2 heterocycles. The molecule has 0 fully saturated rings. The molecule has 0 radical (unpaired) electrons. The molecule has 4 heteroatoms. The number of aryl methyl sites for hydroxylation is 2. The topological polar surface area (TPSA) is 35.6 Å². The second-order valence-electron chi connectivity index (χ2n) is 6.25. The van der Waals surface area contributed by atoms with Crippen molar-refractivity contribution in [2.75, 3.05) is 0 Å². The highest BCUT2D eigenvalue weighted by molar-refractivity contribution is 5.76.